The van der Waals surface area contributed by atoms with Gasteiger partial charge in [-0.05, 0) is 33.2 Å². The fourth-order valence-electron chi connectivity index (χ4n) is 1.62. The van der Waals surface area contributed by atoms with Crippen LogP contribution in [0, 0.1) is 0 Å². The summed E-state index contributed by atoms with van der Waals surface area (Å²) in [6.45, 7) is 8.68. The Morgan fingerprint density at radius 3 is 2.78 bits per heavy atom. The van der Waals surface area contributed by atoms with E-state index in [2.05, 4.69) is 36.3 Å². The van der Waals surface area contributed by atoms with Gasteiger partial charge in [0.2, 0.25) is 5.89 Å². The van der Waals surface area contributed by atoms with Crippen molar-refractivity contribution >= 4 is 6.01 Å². The molecule has 0 spiro atoms. The highest BCUT2D eigenvalue weighted by Gasteiger charge is 2.16. The first-order chi connectivity index (χ1) is 8.69. The van der Waals surface area contributed by atoms with Gasteiger partial charge in [-0.15, -0.1) is 5.10 Å². The molecule has 6 nitrogen and oxygen atoms in total. The molecule has 1 aromatic heterocycles. The predicted octanol–water partition coefficient (Wildman–Crippen LogP) is 1.17. The van der Waals surface area contributed by atoms with E-state index in [1.807, 2.05) is 4.90 Å². The first-order valence-electron chi connectivity index (χ1n) is 6.59. The van der Waals surface area contributed by atoms with E-state index >= 15 is 0 Å². The van der Waals surface area contributed by atoms with Crippen LogP contribution in [0.15, 0.2) is 4.42 Å². The lowest BCUT2D eigenvalue weighted by molar-refractivity contribution is 0.287. The lowest BCUT2D eigenvalue weighted by atomic mass is 10.3. The summed E-state index contributed by atoms with van der Waals surface area (Å²) in [4.78, 5) is 2.01. The first kappa shape index (κ1) is 14.9. The number of rotatable bonds is 9. The molecule has 0 saturated carbocycles. The topological polar surface area (TPSA) is 74.4 Å². The van der Waals surface area contributed by atoms with E-state index in [0.717, 1.165) is 19.5 Å². The molecule has 0 radical (unpaired) electrons. The third-order valence-electron chi connectivity index (χ3n) is 2.59. The molecule has 0 aliphatic carbocycles. The molecule has 18 heavy (non-hydrogen) atoms. The van der Waals surface area contributed by atoms with Gasteiger partial charge in [-0.2, -0.15) is 0 Å². The molecule has 1 rings (SSSR count). The van der Waals surface area contributed by atoms with Gasteiger partial charge < -0.3 is 19.7 Å². The minimum atomic E-state index is 0.169. The van der Waals surface area contributed by atoms with Gasteiger partial charge in [0.05, 0.1) is 6.54 Å². The molecule has 0 unspecified atom stereocenters. The van der Waals surface area contributed by atoms with Gasteiger partial charge in [0.1, 0.15) is 0 Å². The minimum Gasteiger partial charge on any atom is -0.407 e. The Kier molecular flexibility index (Phi) is 6.67. The van der Waals surface area contributed by atoms with Gasteiger partial charge in [0.15, 0.2) is 0 Å². The first-order valence-corrected chi connectivity index (χ1v) is 6.59. The van der Waals surface area contributed by atoms with Crippen LogP contribution < -0.4 is 10.2 Å². The molecule has 0 aliphatic rings. The second kappa shape index (κ2) is 8.05. The molecule has 0 aromatic carbocycles. The third-order valence-corrected chi connectivity index (χ3v) is 2.59. The van der Waals surface area contributed by atoms with Crippen LogP contribution in [0.3, 0.4) is 0 Å². The molecule has 104 valence electrons. The van der Waals surface area contributed by atoms with E-state index in [0.29, 0.717) is 24.9 Å². The van der Waals surface area contributed by atoms with Crippen molar-refractivity contribution in [1.29, 1.82) is 0 Å². The Balaban J connectivity index is 2.57. The SMILES string of the molecule is CCCNCc1nnc(N(CCCO)C(C)C)o1. The monoisotopic (exact) mass is 256 g/mol. The van der Waals surface area contributed by atoms with Crippen molar-refractivity contribution in [3.8, 4) is 0 Å². The van der Waals surface area contributed by atoms with E-state index in [9.17, 15) is 0 Å². The highest BCUT2D eigenvalue weighted by Crippen LogP contribution is 2.15. The summed E-state index contributed by atoms with van der Waals surface area (Å²) in [6, 6.07) is 0.806. The molecule has 0 bridgehead atoms. The Morgan fingerprint density at radius 1 is 1.39 bits per heavy atom. The smallest absolute Gasteiger partial charge is 0.318 e. The Labute approximate surface area is 108 Å². The van der Waals surface area contributed by atoms with Crippen molar-refractivity contribution < 1.29 is 9.52 Å². The Bertz CT molecular complexity index is 328. The number of hydrogen-bond acceptors (Lipinski definition) is 6. The summed E-state index contributed by atoms with van der Waals surface area (Å²) in [5.41, 5.74) is 0. The highest BCUT2D eigenvalue weighted by molar-refractivity contribution is 5.25. The fraction of sp³-hybridized carbons (Fsp3) is 0.833. The maximum absolute atomic E-state index is 8.89. The summed E-state index contributed by atoms with van der Waals surface area (Å²) >= 11 is 0. The third kappa shape index (κ3) is 4.62. The van der Waals surface area contributed by atoms with Gasteiger partial charge in [-0.25, -0.2) is 0 Å². The van der Waals surface area contributed by atoms with E-state index in [1.165, 1.54) is 0 Å². The summed E-state index contributed by atoms with van der Waals surface area (Å²) in [5.74, 6) is 0.605. The maximum atomic E-state index is 8.89. The zero-order valence-corrected chi connectivity index (χ0v) is 11.5. The number of nitrogens with one attached hydrogen (secondary N) is 1. The zero-order chi connectivity index (χ0) is 13.4. The summed E-state index contributed by atoms with van der Waals surface area (Å²) in [5, 5.41) is 20.2. The number of nitrogens with zero attached hydrogens (tertiary/aromatic N) is 3. The van der Waals surface area contributed by atoms with Gasteiger partial charge in [-0.1, -0.05) is 12.0 Å². The van der Waals surface area contributed by atoms with Crippen LogP contribution in [-0.2, 0) is 6.54 Å². The molecule has 0 atom stereocenters. The number of hydrogen-bond donors (Lipinski definition) is 2. The zero-order valence-electron chi connectivity index (χ0n) is 11.5. The molecular weight excluding hydrogens is 232 g/mol. The molecule has 6 heteroatoms. The molecule has 2 N–H and O–H groups in total. The standard InChI is InChI=1S/C12H24N4O2/c1-4-6-13-9-11-14-15-12(18-11)16(10(2)3)7-5-8-17/h10,13,17H,4-9H2,1-3H3. The van der Waals surface area contributed by atoms with Gasteiger partial charge in [-0.3, -0.25) is 0 Å². The van der Waals surface area contributed by atoms with Crippen molar-refractivity contribution in [1.82, 2.24) is 15.5 Å². The summed E-state index contributed by atoms with van der Waals surface area (Å²) < 4.78 is 5.61. The van der Waals surface area contributed by atoms with Crippen LogP contribution in [-0.4, -0.2) is 41.0 Å². The second-order valence-electron chi connectivity index (χ2n) is 4.52. The summed E-state index contributed by atoms with van der Waals surface area (Å²) in [7, 11) is 0. The van der Waals surface area contributed by atoms with Gasteiger partial charge in [0.25, 0.3) is 0 Å². The number of aromatic nitrogens is 2. The van der Waals surface area contributed by atoms with Crippen LogP contribution in [0.4, 0.5) is 6.01 Å². The number of anilines is 1. The highest BCUT2D eigenvalue weighted by atomic mass is 16.4. The van der Waals surface area contributed by atoms with Crippen LogP contribution in [0.2, 0.25) is 0 Å². The molecule has 1 heterocycles. The fourth-order valence-corrected chi connectivity index (χ4v) is 1.62. The minimum absolute atomic E-state index is 0.169. The molecule has 1 aromatic rings. The number of aliphatic hydroxyl groups is 1. The molecule has 0 aliphatic heterocycles. The van der Waals surface area contributed by atoms with E-state index in [1.54, 1.807) is 0 Å². The predicted molar refractivity (Wildman–Crippen MR) is 70.5 cm³/mol. The van der Waals surface area contributed by atoms with Crippen molar-refractivity contribution in [2.75, 3.05) is 24.6 Å². The van der Waals surface area contributed by atoms with Crippen molar-refractivity contribution in [2.45, 2.75) is 46.2 Å². The van der Waals surface area contributed by atoms with Gasteiger partial charge in [0, 0.05) is 19.2 Å². The van der Waals surface area contributed by atoms with E-state index in [4.69, 9.17) is 9.52 Å². The van der Waals surface area contributed by atoms with E-state index < -0.39 is 0 Å². The van der Waals surface area contributed by atoms with Crippen LogP contribution in [0.5, 0.6) is 0 Å². The van der Waals surface area contributed by atoms with Crippen molar-refractivity contribution in [3.63, 3.8) is 0 Å². The average molecular weight is 256 g/mol. The average Bonchev–Trinajstić information content (AvgIpc) is 2.78. The van der Waals surface area contributed by atoms with E-state index in [-0.39, 0.29) is 12.6 Å². The summed E-state index contributed by atoms with van der Waals surface area (Å²) in [6.07, 6.45) is 1.78. The molecule has 0 fully saturated rings. The quantitative estimate of drug-likeness (QED) is 0.646. The van der Waals surface area contributed by atoms with Crippen LogP contribution in [0.25, 0.3) is 0 Å². The molecule has 0 saturated heterocycles. The maximum Gasteiger partial charge on any atom is 0.318 e. The lowest BCUT2D eigenvalue weighted by Crippen LogP contribution is -2.32. The second-order valence-corrected chi connectivity index (χ2v) is 4.52. The van der Waals surface area contributed by atoms with Crippen molar-refractivity contribution in [2.24, 2.45) is 0 Å². The Hall–Kier alpha value is -1.14. The normalized spacial score (nSPS) is 11.2. The van der Waals surface area contributed by atoms with Crippen LogP contribution >= 0.6 is 0 Å². The number of aliphatic hydroxyl groups excluding tert-OH is 1. The van der Waals surface area contributed by atoms with Crippen molar-refractivity contribution in [3.05, 3.63) is 5.89 Å². The molecular formula is C12H24N4O2. The largest absolute Gasteiger partial charge is 0.407 e. The van der Waals surface area contributed by atoms with Crippen LogP contribution in [0.1, 0.15) is 39.5 Å². The molecule has 0 amide bonds. The van der Waals surface area contributed by atoms with Gasteiger partial charge >= 0.3 is 6.01 Å². The lowest BCUT2D eigenvalue weighted by Gasteiger charge is -2.23. The Morgan fingerprint density at radius 2 is 2.17 bits per heavy atom.